The van der Waals surface area contributed by atoms with Crippen LogP contribution in [0.4, 0.5) is 5.82 Å². The predicted octanol–water partition coefficient (Wildman–Crippen LogP) is 2.34. The molecule has 0 unspecified atom stereocenters. The molecule has 0 N–H and O–H groups in total. The van der Waals surface area contributed by atoms with Gasteiger partial charge in [0.15, 0.2) is 18.2 Å². The number of piperazine rings is 1. The smallest absolute Gasteiger partial charge is 0.260 e. The molecule has 1 fully saturated rings. The first kappa shape index (κ1) is 18.5. The minimum Gasteiger partial charge on any atom is -0.484 e. The van der Waals surface area contributed by atoms with Gasteiger partial charge in [-0.2, -0.15) is 5.26 Å². The molecule has 4 rings (SSSR count). The lowest BCUT2D eigenvalue weighted by Crippen LogP contribution is -2.50. The third-order valence-corrected chi connectivity index (χ3v) is 4.73. The molecular formula is C21H19N5O3. The summed E-state index contributed by atoms with van der Waals surface area (Å²) in [6.07, 6.45) is 1.60. The van der Waals surface area contributed by atoms with Gasteiger partial charge in [-0.05, 0) is 48.5 Å². The number of carbonyl (C=O) groups excluding carboxylic acids is 1. The van der Waals surface area contributed by atoms with Crippen molar-refractivity contribution >= 4 is 11.7 Å². The average molecular weight is 389 g/mol. The maximum absolute atomic E-state index is 12.4. The van der Waals surface area contributed by atoms with Crippen molar-refractivity contribution in [3.8, 4) is 23.3 Å². The predicted molar refractivity (Wildman–Crippen MR) is 105 cm³/mol. The van der Waals surface area contributed by atoms with Crippen LogP contribution < -0.4 is 9.64 Å². The Hall–Kier alpha value is -3.86. The Morgan fingerprint density at radius 2 is 1.86 bits per heavy atom. The van der Waals surface area contributed by atoms with Gasteiger partial charge in [0, 0.05) is 26.2 Å². The third kappa shape index (κ3) is 4.35. The molecular weight excluding hydrogens is 370 g/mol. The topological polar surface area (TPSA) is 95.5 Å². The Bertz CT molecular complexity index is 986. The summed E-state index contributed by atoms with van der Waals surface area (Å²) in [4.78, 5) is 16.3. The Balaban J connectivity index is 1.27. The van der Waals surface area contributed by atoms with E-state index in [2.05, 4.69) is 15.1 Å². The summed E-state index contributed by atoms with van der Waals surface area (Å²) in [7, 11) is 0. The molecule has 0 saturated carbocycles. The molecule has 0 spiro atoms. The maximum Gasteiger partial charge on any atom is 0.260 e. The van der Waals surface area contributed by atoms with Crippen LogP contribution in [0.5, 0.6) is 5.75 Å². The van der Waals surface area contributed by atoms with Gasteiger partial charge >= 0.3 is 0 Å². The molecule has 3 heterocycles. The van der Waals surface area contributed by atoms with Crippen molar-refractivity contribution in [3.63, 3.8) is 0 Å². The van der Waals surface area contributed by atoms with Gasteiger partial charge in [-0.1, -0.05) is 0 Å². The van der Waals surface area contributed by atoms with Crippen molar-refractivity contribution in [1.82, 2.24) is 15.1 Å². The summed E-state index contributed by atoms with van der Waals surface area (Å²) in [6.45, 7) is 2.52. The number of benzene rings is 1. The van der Waals surface area contributed by atoms with Crippen molar-refractivity contribution in [2.75, 3.05) is 37.7 Å². The second-order valence-corrected chi connectivity index (χ2v) is 6.55. The Morgan fingerprint density at radius 3 is 2.48 bits per heavy atom. The van der Waals surface area contributed by atoms with E-state index in [1.54, 1.807) is 35.4 Å². The highest BCUT2D eigenvalue weighted by Crippen LogP contribution is 2.19. The Morgan fingerprint density at radius 1 is 1.07 bits per heavy atom. The van der Waals surface area contributed by atoms with E-state index in [-0.39, 0.29) is 12.5 Å². The van der Waals surface area contributed by atoms with Crippen LogP contribution in [0.15, 0.2) is 59.2 Å². The fraction of sp³-hybridized carbons (Fsp3) is 0.238. The van der Waals surface area contributed by atoms with Crippen LogP contribution in [-0.4, -0.2) is 53.8 Å². The van der Waals surface area contributed by atoms with E-state index in [4.69, 9.17) is 14.4 Å². The zero-order valence-electron chi connectivity index (χ0n) is 15.7. The Kier molecular flexibility index (Phi) is 5.38. The van der Waals surface area contributed by atoms with Gasteiger partial charge in [0.25, 0.3) is 5.91 Å². The van der Waals surface area contributed by atoms with Crippen molar-refractivity contribution in [2.45, 2.75) is 0 Å². The molecule has 0 atom stereocenters. The zero-order valence-corrected chi connectivity index (χ0v) is 15.7. The number of nitrogens with zero attached hydrogens (tertiary/aromatic N) is 5. The standard InChI is InChI=1S/C21H19N5O3/c22-14-16-3-5-17(6-4-16)29-15-21(27)26-11-9-25(10-12-26)20-8-7-18(23-24-20)19-2-1-13-28-19/h1-8,13H,9-12,15H2. The van der Waals surface area contributed by atoms with E-state index in [1.807, 2.05) is 30.3 Å². The number of carbonyl (C=O) groups is 1. The van der Waals surface area contributed by atoms with Crippen LogP contribution in [0.3, 0.4) is 0 Å². The lowest BCUT2D eigenvalue weighted by Gasteiger charge is -2.35. The van der Waals surface area contributed by atoms with Gasteiger partial charge in [-0.3, -0.25) is 4.79 Å². The minimum atomic E-state index is -0.0618. The zero-order chi connectivity index (χ0) is 20.1. The van der Waals surface area contributed by atoms with E-state index in [9.17, 15) is 4.79 Å². The normalized spacial score (nSPS) is 13.8. The lowest BCUT2D eigenvalue weighted by atomic mass is 10.2. The number of ether oxygens (including phenoxy) is 1. The summed E-state index contributed by atoms with van der Waals surface area (Å²) in [5.41, 5.74) is 1.24. The van der Waals surface area contributed by atoms with Crippen LogP contribution in [0.25, 0.3) is 11.5 Å². The van der Waals surface area contributed by atoms with Crippen molar-refractivity contribution < 1.29 is 13.9 Å². The molecule has 2 aromatic heterocycles. The number of furan rings is 1. The van der Waals surface area contributed by atoms with Gasteiger partial charge in [0.2, 0.25) is 0 Å². The number of amides is 1. The van der Waals surface area contributed by atoms with Gasteiger partial charge < -0.3 is 19.0 Å². The highest BCUT2D eigenvalue weighted by Gasteiger charge is 2.22. The summed E-state index contributed by atoms with van der Waals surface area (Å²) < 4.78 is 10.9. The number of hydrogen-bond acceptors (Lipinski definition) is 7. The average Bonchev–Trinajstić information content (AvgIpc) is 3.33. The highest BCUT2D eigenvalue weighted by atomic mass is 16.5. The van der Waals surface area contributed by atoms with E-state index >= 15 is 0 Å². The van der Waals surface area contributed by atoms with Crippen LogP contribution >= 0.6 is 0 Å². The van der Waals surface area contributed by atoms with E-state index in [1.165, 1.54) is 0 Å². The van der Waals surface area contributed by atoms with E-state index in [0.717, 1.165) is 5.82 Å². The highest BCUT2D eigenvalue weighted by molar-refractivity contribution is 5.78. The molecule has 1 saturated heterocycles. The molecule has 0 aliphatic carbocycles. The summed E-state index contributed by atoms with van der Waals surface area (Å²) >= 11 is 0. The van der Waals surface area contributed by atoms with Gasteiger partial charge in [-0.25, -0.2) is 0 Å². The second-order valence-electron chi connectivity index (χ2n) is 6.55. The summed E-state index contributed by atoms with van der Waals surface area (Å²) in [5, 5.41) is 17.3. The third-order valence-electron chi connectivity index (χ3n) is 4.73. The Labute approximate surface area is 167 Å². The first-order chi connectivity index (χ1) is 14.2. The van der Waals surface area contributed by atoms with E-state index < -0.39 is 0 Å². The van der Waals surface area contributed by atoms with Crippen LogP contribution in [0.1, 0.15) is 5.56 Å². The SMILES string of the molecule is N#Cc1ccc(OCC(=O)N2CCN(c3ccc(-c4ccco4)nn3)CC2)cc1. The minimum absolute atomic E-state index is 0.0243. The molecule has 1 aliphatic heterocycles. The molecule has 8 heteroatoms. The van der Waals surface area contributed by atoms with Crippen LogP contribution in [-0.2, 0) is 4.79 Å². The fourth-order valence-corrected chi connectivity index (χ4v) is 3.10. The van der Waals surface area contributed by atoms with Crippen molar-refractivity contribution in [2.24, 2.45) is 0 Å². The summed E-state index contributed by atoms with van der Waals surface area (Å²) in [5.74, 6) is 1.97. The number of nitriles is 1. The fourth-order valence-electron chi connectivity index (χ4n) is 3.10. The largest absolute Gasteiger partial charge is 0.484 e. The lowest BCUT2D eigenvalue weighted by molar-refractivity contribution is -0.133. The molecule has 29 heavy (non-hydrogen) atoms. The quantitative estimate of drug-likeness (QED) is 0.661. The molecule has 1 amide bonds. The molecule has 0 bridgehead atoms. The molecule has 1 aliphatic rings. The molecule has 0 radical (unpaired) electrons. The number of anilines is 1. The maximum atomic E-state index is 12.4. The second kappa shape index (κ2) is 8.44. The van der Waals surface area contributed by atoms with Gasteiger partial charge in [0.1, 0.15) is 11.4 Å². The molecule has 3 aromatic rings. The molecule has 146 valence electrons. The van der Waals surface area contributed by atoms with E-state index in [0.29, 0.717) is 48.9 Å². The van der Waals surface area contributed by atoms with Gasteiger partial charge in [-0.15, -0.1) is 10.2 Å². The van der Waals surface area contributed by atoms with Crippen LogP contribution in [0.2, 0.25) is 0 Å². The first-order valence-corrected chi connectivity index (χ1v) is 9.26. The number of aromatic nitrogens is 2. The monoisotopic (exact) mass is 389 g/mol. The summed E-state index contributed by atoms with van der Waals surface area (Å²) in [6, 6.07) is 16.2. The van der Waals surface area contributed by atoms with Crippen molar-refractivity contribution in [3.05, 3.63) is 60.4 Å². The van der Waals surface area contributed by atoms with Crippen molar-refractivity contribution in [1.29, 1.82) is 5.26 Å². The van der Waals surface area contributed by atoms with Crippen LogP contribution in [0, 0.1) is 11.3 Å². The van der Waals surface area contributed by atoms with Gasteiger partial charge in [0.05, 0.1) is 17.9 Å². The number of hydrogen-bond donors (Lipinski definition) is 0. The molecule has 8 nitrogen and oxygen atoms in total. The molecule has 1 aromatic carbocycles. The first-order valence-electron chi connectivity index (χ1n) is 9.26. The number of rotatable bonds is 5.